The van der Waals surface area contributed by atoms with Crippen LogP contribution in [0.5, 0.6) is 0 Å². The standard InChI is InChI=1S/C15H19OP/c1-17(16,15-10-6-3-7-11-15)13-12-14-8-4-2-5-9-14/h3,6-8,10-13H,2,4-5,9H2,1H3/b13-12+/t17-/m0/s1. The summed E-state index contributed by atoms with van der Waals surface area (Å²) in [5.41, 5.74) is 1.34. The van der Waals surface area contributed by atoms with Crippen LogP contribution in [-0.4, -0.2) is 6.66 Å². The molecule has 0 saturated heterocycles. The molecule has 0 spiro atoms. The van der Waals surface area contributed by atoms with Crippen LogP contribution in [-0.2, 0) is 4.57 Å². The fourth-order valence-electron chi connectivity index (χ4n) is 2.06. The Morgan fingerprint density at radius 3 is 2.59 bits per heavy atom. The fourth-order valence-corrected chi connectivity index (χ4v) is 3.47. The number of benzene rings is 1. The molecule has 0 aromatic heterocycles. The first kappa shape index (κ1) is 12.4. The number of allylic oxidation sites excluding steroid dienone is 3. The number of hydrogen-bond donors (Lipinski definition) is 0. The van der Waals surface area contributed by atoms with Crippen molar-refractivity contribution in [3.63, 3.8) is 0 Å². The molecule has 0 radical (unpaired) electrons. The minimum Gasteiger partial charge on any atom is -0.315 e. The van der Waals surface area contributed by atoms with Crippen LogP contribution in [0.15, 0.2) is 53.9 Å². The minimum absolute atomic E-state index is 0.938. The maximum Gasteiger partial charge on any atom is 0.133 e. The lowest BCUT2D eigenvalue weighted by Gasteiger charge is -2.11. The van der Waals surface area contributed by atoms with Gasteiger partial charge in [-0.25, -0.2) is 0 Å². The van der Waals surface area contributed by atoms with E-state index < -0.39 is 7.14 Å². The molecular formula is C15H19OP. The van der Waals surface area contributed by atoms with Gasteiger partial charge in [0.2, 0.25) is 0 Å². The topological polar surface area (TPSA) is 17.1 Å². The molecule has 90 valence electrons. The zero-order chi connectivity index (χ0) is 12.1. The van der Waals surface area contributed by atoms with Crippen molar-refractivity contribution in [2.75, 3.05) is 6.66 Å². The van der Waals surface area contributed by atoms with Crippen molar-refractivity contribution < 1.29 is 4.57 Å². The second kappa shape index (κ2) is 5.51. The van der Waals surface area contributed by atoms with Crippen LogP contribution in [0, 0.1) is 0 Å². The van der Waals surface area contributed by atoms with Gasteiger partial charge in [0, 0.05) is 5.30 Å². The van der Waals surface area contributed by atoms with Gasteiger partial charge in [0.1, 0.15) is 7.14 Å². The van der Waals surface area contributed by atoms with Crippen molar-refractivity contribution in [1.29, 1.82) is 0 Å². The number of hydrogen-bond acceptors (Lipinski definition) is 1. The summed E-state index contributed by atoms with van der Waals surface area (Å²) in [5, 5.41) is 0.938. The molecule has 0 bridgehead atoms. The van der Waals surface area contributed by atoms with Gasteiger partial charge < -0.3 is 4.57 Å². The van der Waals surface area contributed by atoms with Gasteiger partial charge >= 0.3 is 0 Å². The Kier molecular flexibility index (Phi) is 4.02. The molecule has 0 saturated carbocycles. The van der Waals surface area contributed by atoms with E-state index in [1.165, 1.54) is 24.8 Å². The molecule has 17 heavy (non-hydrogen) atoms. The normalized spacial score (nSPS) is 19.9. The van der Waals surface area contributed by atoms with Crippen molar-refractivity contribution >= 4 is 12.4 Å². The molecule has 2 rings (SSSR count). The quantitative estimate of drug-likeness (QED) is 0.726. The van der Waals surface area contributed by atoms with E-state index in [0.717, 1.165) is 11.7 Å². The zero-order valence-corrected chi connectivity index (χ0v) is 11.2. The van der Waals surface area contributed by atoms with Crippen molar-refractivity contribution in [3.05, 3.63) is 53.9 Å². The molecule has 0 N–H and O–H groups in total. The van der Waals surface area contributed by atoms with E-state index in [0.29, 0.717) is 0 Å². The summed E-state index contributed by atoms with van der Waals surface area (Å²) in [5.74, 6) is 1.90. The summed E-state index contributed by atoms with van der Waals surface area (Å²) in [6, 6.07) is 9.73. The molecule has 0 heterocycles. The zero-order valence-electron chi connectivity index (χ0n) is 10.3. The highest BCUT2D eigenvalue weighted by Gasteiger charge is 2.13. The molecule has 0 fully saturated rings. The molecule has 1 nitrogen and oxygen atoms in total. The monoisotopic (exact) mass is 246 g/mol. The molecule has 0 unspecified atom stereocenters. The van der Waals surface area contributed by atoms with E-state index in [2.05, 4.69) is 12.2 Å². The summed E-state index contributed by atoms with van der Waals surface area (Å²) in [7, 11) is -2.33. The first-order valence-corrected chi connectivity index (χ1v) is 8.42. The molecule has 1 aliphatic rings. The summed E-state index contributed by atoms with van der Waals surface area (Å²) in [6.45, 7) is 1.84. The summed E-state index contributed by atoms with van der Waals surface area (Å²) < 4.78 is 12.5. The molecule has 0 amide bonds. The van der Waals surface area contributed by atoms with Gasteiger partial charge in [0.05, 0.1) is 0 Å². The lowest BCUT2D eigenvalue weighted by atomic mass is 10.00. The predicted octanol–water partition coefficient (Wildman–Crippen LogP) is 4.32. The van der Waals surface area contributed by atoms with Crippen LogP contribution in [0.3, 0.4) is 0 Å². The highest BCUT2D eigenvalue weighted by Crippen LogP contribution is 2.42. The smallest absolute Gasteiger partial charge is 0.133 e. The Labute approximate surface area is 104 Å². The van der Waals surface area contributed by atoms with Crippen LogP contribution in [0.25, 0.3) is 0 Å². The Morgan fingerprint density at radius 2 is 1.94 bits per heavy atom. The van der Waals surface area contributed by atoms with Crippen LogP contribution < -0.4 is 5.30 Å². The van der Waals surface area contributed by atoms with E-state index >= 15 is 0 Å². The van der Waals surface area contributed by atoms with E-state index in [-0.39, 0.29) is 0 Å². The first-order valence-electron chi connectivity index (χ1n) is 6.19. The van der Waals surface area contributed by atoms with E-state index in [4.69, 9.17) is 0 Å². The fraction of sp³-hybridized carbons (Fsp3) is 0.333. The van der Waals surface area contributed by atoms with E-state index in [1.54, 1.807) is 0 Å². The second-order valence-electron chi connectivity index (χ2n) is 4.67. The minimum atomic E-state index is -2.33. The average Bonchev–Trinajstić information content (AvgIpc) is 2.39. The maximum atomic E-state index is 12.5. The summed E-state index contributed by atoms with van der Waals surface area (Å²) in [4.78, 5) is 0. The molecular weight excluding hydrogens is 227 g/mol. The third-order valence-corrected chi connectivity index (χ3v) is 5.21. The SMILES string of the molecule is C[P@](=O)(/C=C/C1=CCCCC1)c1ccccc1. The molecule has 0 aliphatic heterocycles. The second-order valence-corrected chi connectivity index (χ2v) is 7.46. The lowest BCUT2D eigenvalue weighted by Crippen LogP contribution is -2.00. The summed E-state index contributed by atoms with van der Waals surface area (Å²) >= 11 is 0. The van der Waals surface area contributed by atoms with Gasteiger partial charge in [0.15, 0.2) is 0 Å². The van der Waals surface area contributed by atoms with Gasteiger partial charge in [-0.2, -0.15) is 0 Å². The molecule has 1 atom stereocenters. The van der Waals surface area contributed by atoms with Gasteiger partial charge in [0.25, 0.3) is 0 Å². The van der Waals surface area contributed by atoms with Crippen molar-refractivity contribution in [2.45, 2.75) is 25.7 Å². The predicted molar refractivity (Wildman–Crippen MR) is 75.3 cm³/mol. The number of rotatable bonds is 3. The highest BCUT2D eigenvalue weighted by atomic mass is 31.2. The highest BCUT2D eigenvalue weighted by molar-refractivity contribution is 7.73. The molecule has 1 aromatic rings. The Morgan fingerprint density at radius 1 is 1.18 bits per heavy atom. The van der Waals surface area contributed by atoms with Crippen molar-refractivity contribution in [1.82, 2.24) is 0 Å². The van der Waals surface area contributed by atoms with Gasteiger partial charge in [-0.15, -0.1) is 0 Å². The van der Waals surface area contributed by atoms with E-state index in [1.807, 2.05) is 42.8 Å². The third-order valence-electron chi connectivity index (χ3n) is 3.17. The molecule has 2 heteroatoms. The molecule has 1 aliphatic carbocycles. The average molecular weight is 246 g/mol. The largest absolute Gasteiger partial charge is 0.315 e. The summed E-state index contributed by atoms with van der Waals surface area (Å²) in [6.07, 6.45) is 9.18. The Balaban J connectivity index is 2.14. The Hall–Kier alpha value is -1.07. The van der Waals surface area contributed by atoms with Crippen LogP contribution in [0.4, 0.5) is 0 Å². The Bertz CT molecular complexity index is 471. The van der Waals surface area contributed by atoms with Crippen LogP contribution in [0.2, 0.25) is 0 Å². The van der Waals surface area contributed by atoms with E-state index in [9.17, 15) is 4.57 Å². The van der Waals surface area contributed by atoms with Crippen LogP contribution in [0.1, 0.15) is 25.7 Å². The van der Waals surface area contributed by atoms with Crippen molar-refractivity contribution in [3.8, 4) is 0 Å². The first-order chi connectivity index (χ1) is 8.18. The van der Waals surface area contributed by atoms with Gasteiger partial charge in [-0.05, 0) is 38.2 Å². The maximum absolute atomic E-state index is 12.5. The van der Waals surface area contributed by atoms with Gasteiger partial charge in [-0.1, -0.05) is 48.1 Å². The van der Waals surface area contributed by atoms with Crippen LogP contribution >= 0.6 is 7.14 Å². The van der Waals surface area contributed by atoms with Crippen molar-refractivity contribution in [2.24, 2.45) is 0 Å². The third kappa shape index (κ3) is 3.44. The van der Waals surface area contributed by atoms with Gasteiger partial charge in [-0.3, -0.25) is 0 Å². The molecule has 1 aromatic carbocycles. The lowest BCUT2D eigenvalue weighted by molar-refractivity contribution is 0.590.